The maximum atomic E-state index is 4.56. The van der Waals surface area contributed by atoms with Gasteiger partial charge in [0.1, 0.15) is 0 Å². The number of hydrogen-bond acceptors (Lipinski definition) is 5. The number of hydrogen-bond donors (Lipinski definition) is 1. The van der Waals surface area contributed by atoms with Crippen molar-refractivity contribution in [2.45, 2.75) is 19.4 Å². The molecule has 4 nitrogen and oxygen atoms in total. The van der Waals surface area contributed by atoms with Gasteiger partial charge in [-0.15, -0.1) is 0 Å². The number of anilines is 1. The van der Waals surface area contributed by atoms with Gasteiger partial charge in [0.05, 0.1) is 5.69 Å². The van der Waals surface area contributed by atoms with Crippen LogP contribution in [0.1, 0.15) is 12.5 Å². The lowest BCUT2D eigenvalue weighted by molar-refractivity contribution is 0.779. The first kappa shape index (κ1) is 13.7. The summed E-state index contributed by atoms with van der Waals surface area (Å²) < 4.78 is 0. The van der Waals surface area contributed by atoms with Crippen molar-refractivity contribution in [1.82, 2.24) is 15.0 Å². The quantitative estimate of drug-likeness (QED) is 0.781. The number of thiophene rings is 1. The summed E-state index contributed by atoms with van der Waals surface area (Å²) in [5, 5.41) is 7.63. The average molecular weight is 296 g/mol. The molecular formula is C16H16N4S. The third-order valence-corrected chi connectivity index (χ3v) is 3.86. The highest BCUT2D eigenvalue weighted by Crippen LogP contribution is 2.17. The molecule has 0 aliphatic rings. The second kappa shape index (κ2) is 6.45. The van der Waals surface area contributed by atoms with Crippen molar-refractivity contribution < 1.29 is 0 Å². The first-order valence-corrected chi connectivity index (χ1v) is 7.76. The first-order chi connectivity index (χ1) is 10.3. The fourth-order valence-corrected chi connectivity index (χ4v) is 2.83. The standard InChI is InChI=1S/C16H16N4S/c1-12(10-13-5-9-21-11-13)19-16-18-8-4-15(20-16)14-2-6-17-7-3-14/h2-9,11-12H,10H2,1H3,(H,18,19,20)/t12-/m1/s1. The molecule has 0 amide bonds. The topological polar surface area (TPSA) is 50.7 Å². The fraction of sp³-hybridized carbons (Fsp3) is 0.188. The summed E-state index contributed by atoms with van der Waals surface area (Å²) >= 11 is 1.72. The van der Waals surface area contributed by atoms with E-state index in [4.69, 9.17) is 0 Å². The van der Waals surface area contributed by atoms with Crippen molar-refractivity contribution in [3.8, 4) is 11.3 Å². The van der Waals surface area contributed by atoms with E-state index < -0.39 is 0 Å². The molecule has 106 valence electrons. The maximum Gasteiger partial charge on any atom is 0.223 e. The van der Waals surface area contributed by atoms with E-state index in [1.54, 1.807) is 29.9 Å². The third kappa shape index (κ3) is 3.64. The summed E-state index contributed by atoms with van der Waals surface area (Å²) in [6, 6.07) is 8.23. The van der Waals surface area contributed by atoms with Gasteiger partial charge in [-0.2, -0.15) is 11.3 Å². The smallest absolute Gasteiger partial charge is 0.223 e. The molecular weight excluding hydrogens is 280 g/mol. The van der Waals surface area contributed by atoms with Gasteiger partial charge in [-0.1, -0.05) is 0 Å². The molecule has 0 fully saturated rings. The second-order valence-corrected chi connectivity index (χ2v) is 5.66. The minimum absolute atomic E-state index is 0.285. The van der Waals surface area contributed by atoms with Crippen LogP contribution in [0, 0.1) is 0 Å². The Morgan fingerprint density at radius 1 is 1.14 bits per heavy atom. The van der Waals surface area contributed by atoms with Crippen LogP contribution in [0.4, 0.5) is 5.95 Å². The Hall–Kier alpha value is -2.27. The van der Waals surface area contributed by atoms with E-state index in [1.165, 1.54) is 5.56 Å². The van der Waals surface area contributed by atoms with Gasteiger partial charge in [0.15, 0.2) is 0 Å². The number of aromatic nitrogens is 3. The number of pyridine rings is 1. The van der Waals surface area contributed by atoms with E-state index in [1.807, 2.05) is 18.2 Å². The van der Waals surface area contributed by atoms with Crippen LogP contribution in [0.5, 0.6) is 0 Å². The van der Waals surface area contributed by atoms with Gasteiger partial charge in [0.25, 0.3) is 0 Å². The van der Waals surface area contributed by atoms with Gasteiger partial charge in [-0.05, 0) is 53.9 Å². The monoisotopic (exact) mass is 296 g/mol. The van der Waals surface area contributed by atoms with Crippen molar-refractivity contribution in [3.05, 3.63) is 59.2 Å². The van der Waals surface area contributed by atoms with Crippen molar-refractivity contribution in [2.24, 2.45) is 0 Å². The molecule has 0 unspecified atom stereocenters. The van der Waals surface area contributed by atoms with Crippen molar-refractivity contribution in [2.75, 3.05) is 5.32 Å². The van der Waals surface area contributed by atoms with E-state index in [0.717, 1.165) is 17.7 Å². The highest BCUT2D eigenvalue weighted by atomic mass is 32.1. The molecule has 3 aromatic rings. The molecule has 5 heteroatoms. The fourth-order valence-electron chi connectivity index (χ4n) is 2.15. The Morgan fingerprint density at radius 3 is 2.76 bits per heavy atom. The molecule has 0 spiro atoms. The van der Waals surface area contributed by atoms with Crippen LogP contribution >= 0.6 is 11.3 Å². The molecule has 1 N–H and O–H groups in total. The van der Waals surface area contributed by atoms with Crippen molar-refractivity contribution in [1.29, 1.82) is 0 Å². The van der Waals surface area contributed by atoms with Crippen LogP contribution < -0.4 is 5.32 Å². The minimum Gasteiger partial charge on any atom is -0.351 e. The van der Waals surface area contributed by atoms with Gasteiger partial charge in [0, 0.05) is 30.2 Å². The van der Waals surface area contributed by atoms with Crippen LogP contribution in [0.25, 0.3) is 11.3 Å². The normalized spacial score (nSPS) is 12.0. The molecule has 0 saturated heterocycles. The van der Waals surface area contributed by atoms with Crippen LogP contribution in [0.15, 0.2) is 53.6 Å². The third-order valence-electron chi connectivity index (χ3n) is 3.13. The molecule has 0 aliphatic carbocycles. The first-order valence-electron chi connectivity index (χ1n) is 6.82. The molecule has 3 heterocycles. The van der Waals surface area contributed by atoms with Gasteiger partial charge in [0.2, 0.25) is 5.95 Å². The summed E-state index contributed by atoms with van der Waals surface area (Å²) in [6.07, 6.45) is 6.28. The molecule has 3 aromatic heterocycles. The zero-order valence-corrected chi connectivity index (χ0v) is 12.5. The van der Waals surface area contributed by atoms with Crippen LogP contribution in [0.3, 0.4) is 0 Å². The Kier molecular flexibility index (Phi) is 4.21. The largest absolute Gasteiger partial charge is 0.351 e. The van der Waals surface area contributed by atoms with Gasteiger partial charge >= 0.3 is 0 Å². The van der Waals surface area contributed by atoms with E-state index in [0.29, 0.717) is 5.95 Å². The molecule has 0 radical (unpaired) electrons. The van der Waals surface area contributed by atoms with E-state index in [2.05, 4.69) is 44.0 Å². The molecule has 3 rings (SSSR count). The molecule has 21 heavy (non-hydrogen) atoms. The minimum atomic E-state index is 0.285. The second-order valence-electron chi connectivity index (χ2n) is 4.88. The predicted octanol–water partition coefficient (Wildman–Crippen LogP) is 3.64. The Morgan fingerprint density at radius 2 is 2.00 bits per heavy atom. The zero-order valence-electron chi connectivity index (χ0n) is 11.7. The van der Waals surface area contributed by atoms with Crippen LogP contribution in [0.2, 0.25) is 0 Å². The summed E-state index contributed by atoms with van der Waals surface area (Å²) in [5.74, 6) is 0.659. The lowest BCUT2D eigenvalue weighted by Crippen LogP contribution is -2.19. The zero-order chi connectivity index (χ0) is 14.5. The molecule has 0 saturated carbocycles. The summed E-state index contributed by atoms with van der Waals surface area (Å²) in [4.78, 5) is 12.9. The molecule has 0 bridgehead atoms. The van der Waals surface area contributed by atoms with E-state index in [9.17, 15) is 0 Å². The Labute approximate surface area is 127 Å². The Balaban J connectivity index is 1.71. The molecule has 1 atom stereocenters. The van der Waals surface area contributed by atoms with Gasteiger partial charge in [-0.3, -0.25) is 4.98 Å². The highest BCUT2D eigenvalue weighted by molar-refractivity contribution is 7.07. The lowest BCUT2D eigenvalue weighted by atomic mass is 10.1. The van der Waals surface area contributed by atoms with Crippen molar-refractivity contribution >= 4 is 17.3 Å². The molecule has 0 aromatic carbocycles. The van der Waals surface area contributed by atoms with E-state index in [-0.39, 0.29) is 6.04 Å². The summed E-state index contributed by atoms with van der Waals surface area (Å²) in [6.45, 7) is 2.14. The Bertz CT molecular complexity index is 683. The van der Waals surface area contributed by atoms with Gasteiger partial charge in [-0.25, -0.2) is 9.97 Å². The highest BCUT2D eigenvalue weighted by Gasteiger charge is 2.07. The molecule has 0 aliphatic heterocycles. The van der Waals surface area contributed by atoms with E-state index >= 15 is 0 Å². The SMILES string of the molecule is C[C@H](Cc1ccsc1)Nc1nccc(-c2ccncc2)n1. The number of nitrogens with zero attached hydrogens (tertiary/aromatic N) is 3. The number of rotatable bonds is 5. The van der Waals surface area contributed by atoms with Crippen LogP contribution in [-0.4, -0.2) is 21.0 Å². The summed E-state index contributed by atoms with van der Waals surface area (Å²) in [7, 11) is 0. The van der Waals surface area contributed by atoms with Gasteiger partial charge < -0.3 is 5.32 Å². The number of nitrogens with one attached hydrogen (secondary N) is 1. The summed E-state index contributed by atoms with van der Waals surface area (Å²) in [5.41, 5.74) is 3.28. The predicted molar refractivity (Wildman–Crippen MR) is 86.4 cm³/mol. The average Bonchev–Trinajstić information content (AvgIpc) is 3.01. The lowest BCUT2D eigenvalue weighted by Gasteiger charge is -2.13. The maximum absolute atomic E-state index is 4.56. The van der Waals surface area contributed by atoms with Crippen LogP contribution in [-0.2, 0) is 6.42 Å². The van der Waals surface area contributed by atoms with Crippen molar-refractivity contribution in [3.63, 3.8) is 0 Å².